The smallest absolute Gasteiger partial charge is 0.240 e. The zero-order valence-corrected chi connectivity index (χ0v) is 19.0. The second-order valence-electron chi connectivity index (χ2n) is 7.17. The summed E-state index contributed by atoms with van der Waals surface area (Å²) in [6, 6.07) is 12.0. The van der Waals surface area contributed by atoms with Crippen molar-refractivity contribution in [2.45, 2.75) is 17.7 Å². The lowest BCUT2D eigenvalue weighted by molar-refractivity contribution is -0.118. The predicted octanol–water partition coefficient (Wildman–Crippen LogP) is 3.43. The van der Waals surface area contributed by atoms with E-state index in [1.54, 1.807) is 24.1 Å². The molecule has 0 atom stereocenters. The lowest BCUT2D eigenvalue weighted by Crippen LogP contribution is -2.31. The first-order chi connectivity index (χ1) is 15.3. The highest BCUT2D eigenvalue weighted by Gasteiger charge is 2.21. The van der Waals surface area contributed by atoms with E-state index in [1.165, 1.54) is 25.4 Å². The number of amides is 1. The normalized spacial score (nSPS) is 13.6. The highest BCUT2D eigenvalue weighted by molar-refractivity contribution is 7.89. The van der Waals surface area contributed by atoms with Crippen LogP contribution in [0.15, 0.2) is 53.6 Å². The molecule has 32 heavy (non-hydrogen) atoms. The van der Waals surface area contributed by atoms with Gasteiger partial charge < -0.3 is 15.5 Å². The van der Waals surface area contributed by atoms with Crippen molar-refractivity contribution in [1.82, 2.24) is 14.7 Å². The molecule has 4 rings (SSSR count). The molecule has 9 nitrogen and oxygen atoms in total. The minimum atomic E-state index is -3.57. The van der Waals surface area contributed by atoms with E-state index >= 15 is 0 Å². The molecule has 0 radical (unpaired) electrons. The number of hydrogen-bond donors (Lipinski definition) is 3. The van der Waals surface area contributed by atoms with E-state index in [-0.39, 0.29) is 16.8 Å². The molecule has 1 aliphatic heterocycles. The van der Waals surface area contributed by atoms with Crippen molar-refractivity contribution in [2.75, 3.05) is 29.6 Å². The minimum absolute atomic E-state index is 0.0966. The van der Waals surface area contributed by atoms with Gasteiger partial charge in [-0.2, -0.15) is 4.98 Å². The number of anilines is 5. The number of rotatable bonds is 6. The second-order valence-corrected chi connectivity index (χ2v) is 9.47. The Labute approximate surface area is 190 Å². The van der Waals surface area contributed by atoms with Gasteiger partial charge in [0.25, 0.3) is 0 Å². The summed E-state index contributed by atoms with van der Waals surface area (Å²) in [6.07, 6.45) is 2.60. The number of sulfonamides is 1. The number of benzene rings is 2. The van der Waals surface area contributed by atoms with Gasteiger partial charge >= 0.3 is 0 Å². The fourth-order valence-electron chi connectivity index (χ4n) is 3.37. The molecule has 2 aromatic carbocycles. The third kappa shape index (κ3) is 4.52. The third-order valence-corrected chi connectivity index (χ3v) is 6.79. The van der Waals surface area contributed by atoms with Gasteiger partial charge in [0.15, 0.2) is 5.82 Å². The van der Waals surface area contributed by atoms with E-state index in [0.29, 0.717) is 29.4 Å². The summed E-state index contributed by atoms with van der Waals surface area (Å²) in [6.45, 7) is 0. The van der Waals surface area contributed by atoms with Crippen LogP contribution in [0.1, 0.15) is 12.0 Å². The van der Waals surface area contributed by atoms with Crippen molar-refractivity contribution >= 4 is 56.4 Å². The van der Waals surface area contributed by atoms with Crippen LogP contribution in [0.2, 0.25) is 5.02 Å². The van der Waals surface area contributed by atoms with Crippen LogP contribution < -0.4 is 20.3 Å². The topological polar surface area (TPSA) is 116 Å². The summed E-state index contributed by atoms with van der Waals surface area (Å²) >= 11 is 6.28. The highest BCUT2D eigenvalue weighted by Crippen LogP contribution is 2.31. The van der Waals surface area contributed by atoms with E-state index in [0.717, 1.165) is 16.9 Å². The van der Waals surface area contributed by atoms with Crippen molar-refractivity contribution in [3.05, 3.63) is 59.2 Å². The Morgan fingerprint density at radius 2 is 1.84 bits per heavy atom. The summed E-state index contributed by atoms with van der Waals surface area (Å²) in [5.74, 6) is 0.738. The average Bonchev–Trinajstić information content (AvgIpc) is 2.79. The largest absolute Gasteiger partial charge is 0.339 e. The van der Waals surface area contributed by atoms with Crippen LogP contribution in [-0.4, -0.2) is 38.4 Å². The summed E-state index contributed by atoms with van der Waals surface area (Å²) in [7, 11) is -0.452. The first kappa shape index (κ1) is 22.0. The van der Waals surface area contributed by atoms with Gasteiger partial charge in [0.05, 0.1) is 11.1 Å². The summed E-state index contributed by atoms with van der Waals surface area (Å²) in [4.78, 5) is 22.3. The molecule has 1 aromatic heterocycles. The highest BCUT2D eigenvalue weighted by atomic mass is 35.5. The third-order valence-electron chi connectivity index (χ3n) is 5.10. The molecule has 0 fully saturated rings. The van der Waals surface area contributed by atoms with E-state index < -0.39 is 10.0 Å². The van der Waals surface area contributed by atoms with Crippen LogP contribution in [0.4, 0.5) is 28.8 Å². The number of carbonyl (C=O) groups is 1. The fourth-order valence-corrected chi connectivity index (χ4v) is 4.29. The molecule has 0 saturated carbocycles. The Morgan fingerprint density at radius 3 is 2.62 bits per heavy atom. The van der Waals surface area contributed by atoms with Crippen LogP contribution in [0.5, 0.6) is 0 Å². The molecule has 0 bridgehead atoms. The van der Waals surface area contributed by atoms with E-state index in [4.69, 9.17) is 11.6 Å². The zero-order valence-electron chi connectivity index (χ0n) is 17.4. The van der Waals surface area contributed by atoms with Crippen LogP contribution in [0.3, 0.4) is 0 Å². The number of carbonyl (C=O) groups excluding carboxylic acids is 1. The van der Waals surface area contributed by atoms with Crippen molar-refractivity contribution in [1.29, 1.82) is 0 Å². The number of hydrogen-bond acceptors (Lipinski definition) is 7. The van der Waals surface area contributed by atoms with Crippen molar-refractivity contribution in [2.24, 2.45) is 0 Å². The Hall–Kier alpha value is -3.21. The summed E-state index contributed by atoms with van der Waals surface area (Å²) < 4.78 is 26.3. The lowest BCUT2D eigenvalue weighted by atomic mass is 10.0. The van der Waals surface area contributed by atoms with Gasteiger partial charge in [-0.15, -0.1) is 0 Å². The molecule has 0 unspecified atom stereocenters. The quantitative estimate of drug-likeness (QED) is 0.503. The van der Waals surface area contributed by atoms with Gasteiger partial charge in [-0.25, -0.2) is 18.1 Å². The maximum atomic E-state index is 12.0. The Balaban J connectivity index is 1.57. The summed E-state index contributed by atoms with van der Waals surface area (Å²) in [5.41, 5.74) is 3.23. The standard InChI is InChI=1S/C21H21ClN6O3S/c1-23-32(30,31)16-5-3-4-14(11-16)26-21-24-12-17(22)20(27-21)25-15-7-8-18-13(10-15)6-9-19(29)28(18)2/h3-5,7-8,10-12,23H,6,9H2,1-2H3,(H2,24,25,26,27). The van der Waals surface area contributed by atoms with Gasteiger partial charge in [0.1, 0.15) is 5.02 Å². The van der Waals surface area contributed by atoms with Gasteiger partial charge in [-0.05, 0) is 55.4 Å². The number of fused-ring (bicyclic) bond motifs is 1. The van der Waals surface area contributed by atoms with Gasteiger partial charge in [-0.3, -0.25) is 4.79 Å². The molecule has 3 N–H and O–H groups in total. The van der Waals surface area contributed by atoms with Crippen molar-refractivity contribution in [3.8, 4) is 0 Å². The van der Waals surface area contributed by atoms with E-state index in [9.17, 15) is 13.2 Å². The first-order valence-corrected chi connectivity index (χ1v) is 11.6. The number of aryl methyl sites for hydroxylation is 1. The molecule has 1 amide bonds. The number of aromatic nitrogens is 2. The van der Waals surface area contributed by atoms with Crippen LogP contribution in [0, 0.1) is 0 Å². The average molecular weight is 473 g/mol. The molecule has 0 saturated heterocycles. The predicted molar refractivity (Wildman–Crippen MR) is 124 cm³/mol. The second kappa shape index (κ2) is 8.73. The molecule has 2 heterocycles. The minimum Gasteiger partial charge on any atom is -0.339 e. The molecular formula is C21H21ClN6O3S. The Kier molecular flexibility index (Phi) is 6.00. The fraction of sp³-hybridized carbons (Fsp3) is 0.190. The van der Waals surface area contributed by atoms with Crippen LogP contribution in [0.25, 0.3) is 0 Å². The van der Waals surface area contributed by atoms with Gasteiger partial charge in [0.2, 0.25) is 21.9 Å². The maximum Gasteiger partial charge on any atom is 0.240 e. The SMILES string of the molecule is CNS(=O)(=O)c1cccc(Nc2ncc(Cl)c(Nc3ccc4c(c3)CCC(=O)N4C)n2)c1. The van der Waals surface area contributed by atoms with Crippen molar-refractivity contribution < 1.29 is 13.2 Å². The lowest BCUT2D eigenvalue weighted by Gasteiger charge is -2.26. The number of nitrogens with zero attached hydrogens (tertiary/aromatic N) is 3. The molecular weight excluding hydrogens is 452 g/mol. The molecule has 166 valence electrons. The molecule has 0 aliphatic carbocycles. The van der Waals surface area contributed by atoms with Crippen molar-refractivity contribution in [3.63, 3.8) is 0 Å². The van der Waals surface area contributed by atoms with Gasteiger partial charge in [0, 0.05) is 30.5 Å². The maximum absolute atomic E-state index is 12.0. The monoisotopic (exact) mass is 472 g/mol. The zero-order chi connectivity index (χ0) is 22.9. The molecule has 1 aliphatic rings. The van der Waals surface area contributed by atoms with E-state index in [1.807, 2.05) is 18.2 Å². The molecule has 0 spiro atoms. The van der Waals surface area contributed by atoms with Crippen LogP contribution >= 0.6 is 11.6 Å². The Bertz CT molecular complexity index is 1300. The number of nitrogens with one attached hydrogen (secondary N) is 3. The van der Waals surface area contributed by atoms with Gasteiger partial charge in [-0.1, -0.05) is 17.7 Å². The van der Waals surface area contributed by atoms with Crippen LogP contribution in [-0.2, 0) is 21.2 Å². The first-order valence-electron chi connectivity index (χ1n) is 9.76. The molecule has 11 heteroatoms. The summed E-state index contributed by atoms with van der Waals surface area (Å²) in [5, 5.41) is 6.51. The molecule has 3 aromatic rings. The Morgan fingerprint density at radius 1 is 1.06 bits per heavy atom. The van der Waals surface area contributed by atoms with E-state index in [2.05, 4.69) is 25.3 Å². The number of halogens is 1.